The topological polar surface area (TPSA) is 12.0 Å². The summed E-state index contributed by atoms with van der Waals surface area (Å²) in [5.41, 5.74) is 3.34. The van der Waals surface area contributed by atoms with Gasteiger partial charge in [0.15, 0.2) is 0 Å². The van der Waals surface area contributed by atoms with Crippen LogP contribution in [0.3, 0.4) is 0 Å². The Labute approximate surface area is 122 Å². The Kier molecular flexibility index (Phi) is 4.97. The van der Waals surface area contributed by atoms with Crippen LogP contribution in [0.5, 0.6) is 0 Å². The van der Waals surface area contributed by atoms with Gasteiger partial charge in [0.2, 0.25) is 0 Å². The second-order valence-corrected chi connectivity index (χ2v) is 7.87. The zero-order valence-corrected chi connectivity index (χ0v) is 13.5. The van der Waals surface area contributed by atoms with Crippen LogP contribution in [0, 0.1) is 12.3 Å². The van der Waals surface area contributed by atoms with E-state index in [0.29, 0.717) is 11.5 Å². The van der Waals surface area contributed by atoms with Gasteiger partial charge in [-0.15, -0.1) is 0 Å². The third-order valence-corrected chi connectivity index (χ3v) is 5.68. The predicted octanol–water partition coefficient (Wildman–Crippen LogP) is 4.39. The molecule has 0 amide bonds. The first kappa shape index (κ1) is 14.9. The molecular formula is C17H27NS. The van der Waals surface area contributed by atoms with E-state index in [1.54, 1.807) is 0 Å². The van der Waals surface area contributed by atoms with E-state index in [-0.39, 0.29) is 0 Å². The maximum atomic E-state index is 3.52. The van der Waals surface area contributed by atoms with Crippen molar-refractivity contribution in [1.29, 1.82) is 0 Å². The van der Waals surface area contributed by atoms with Gasteiger partial charge in [-0.25, -0.2) is 0 Å². The van der Waals surface area contributed by atoms with Crippen LogP contribution in [0.25, 0.3) is 0 Å². The number of nitrogens with one attached hydrogen (secondary N) is 1. The first-order valence-corrected chi connectivity index (χ1v) is 8.39. The highest BCUT2D eigenvalue weighted by Gasteiger charge is 2.34. The molecule has 0 aromatic heterocycles. The minimum atomic E-state index is 0.512. The SMILES string of the molecule is CNC1CCC(C)(C)CC1SCc1cccc(C)c1. The Morgan fingerprint density at radius 1 is 1.37 bits per heavy atom. The first-order chi connectivity index (χ1) is 9.00. The lowest BCUT2D eigenvalue weighted by Crippen LogP contribution is -2.43. The van der Waals surface area contributed by atoms with Crippen molar-refractivity contribution >= 4 is 11.8 Å². The fraction of sp³-hybridized carbons (Fsp3) is 0.647. The lowest BCUT2D eigenvalue weighted by Gasteiger charge is -2.40. The summed E-state index contributed by atoms with van der Waals surface area (Å²) in [6, 6.07) is 9.60. The first-order valence-electron chi connectivity index (χ1n) is 7.34. The van der Waals surface area contributed by atoms with E-state index in [4.69, 9.17) is 0 Å². The van der Waals surface area contributed by atoms with Crippen LogP contribution in [0.15, 0.2) is 24.3 Å². The molecule has 1 aliphatic carbocycles. The van der Waals surface area contributed by atoms with E-state index in [0.717, 1.165) is 11.0 Å². The molecule has 0 saturated heterocycles. The second kappa shape index (κ2) is 6.32. The van der Waals surface area contributed by atoms with Gasteiger partial charge >= 0.3 is 0 Å². The molecule has 0 bridgehead atoms. The van der Waals surface area contributed by atoms with Crippen molar-refractivity contribution in [1.82, 2.24) is 5.32 Å². The van der Waals surface area contributed by atoms with Crippen LogP contribution in [-0.4, -0.2) is 18.3 Å². The van der Waals surface area contributed by atoms with E-state index >= 15 is 0 Å². The molecule has 1 aromatic carbocycles. The van der Waals surface area contributed by atoms with Gasteiger partial charge in [-0.1, -0.05) is 43.7 Å². The van der Waals surface area contributed by atoms with Crippen molar-refractivity contribution in [3.05, 3.63) is 35.4 Å². The largest absolute Gasteiger partial charge is 0.316 e. The molecule has 1 fully saturated rings. The summed E-state index contributed by atoms with van der Waals surface area (Å²) in [6.45, 7) is 7.01. The molecule has 1 nitrogen and oxygen atoms in total. The quantitative estimate of drug-likeness (QED) is 0.875. The fourth-order valence-corrected chi connectivity index (χ4v) is 4.69. The Morgan fingerprint density at radius 3 is 2.84 bits per heavy atom. The van der Waals surface area contributed by atoms with Gasteiger partial charge in [-0.2, -0.15) is 11.8 Å². The predicted molar refractivity (Wildman–Crippen MR) is 86.7 cm³/mol. The van der Waals surface area contributed by atoms with Crippen LogP contribution < -0.4 is 5.32 Å². The number of aryl methyl sites for hydroxylation is 1. The minimum Gasteiger partial charge on any atom is -0.316 e. The Hall–Kier alpha value is -0.470. The zero-order chi connectivity index (χ0) is 13.9. The maximum absolute atomic E-state index is 3.52. The molecule has 0 spiro atoms. The third-order valence-electron chi connectivity index (χ3n) is 4.25. The number of hydrogen-bond donors (Lipinski definition) is 1. The molecule has 2 rings (SSSR count). The molecule has 106 valence electrons. The lowest BCUT2D eigenvalue weighted by atomic mass is 9.75. The van der Waals surface area contributed by atoms with Gasteiger partial charge in [-0.3, -0.25) is 0 Å². The summed E-state index contributed by atoms with van der Waals surface area (Å²) in [7, 11) is 2.11. The highest BCUT2D eigenvalue weighted by atomic mass is 32.2. The zero-order valence-electron chi connectivity index (χ0n) is 12.7. The summed E-state index contributed by atoms with van der Waals surface area (Å²) in [4.78, 5) is 0. The lowest BCUT2D eigenvalue weighted by molar-refractivity contribution is 0.218. The molecule has 1 saturated carbocycles. The van der Waals surface area contributed by atoms with Crippen molar-refractivity contribution in [2.24, 2.45) is 5.41 Å². The normalized spacial score (nSPS) is 26.3. The third kappa shape index (κ3) is 4.25. The Bertz CT molecular complexity index is 413. The molecule has 0 radical (unpaired) electrons. The van der Waals surface area contributed by atoms with Crippen molar-refractivity contribution in [3.8, 4) is 0 Å². The highest BCUT2D eigenvalue weighted by Crippen LogP contribution is 2.41. The van der Waals surface area contributed by atoms with E-state index in [1.807, 2.05) is 0 Å². The molecular weight excluding hydrogens is 250 g/mol. The Balaban J connectivity index is 1.96. The van der Waals surface area contributed by atoms with Gasteiger partial charge in [0, 0.05) is 17.0 Å². The fourth-order valence-electron chi connectivity index (χ4n) is 3.03. The molecule has 2 heteroatoms. The van der Waals surface area contributed by atoms with Gasteiger partial charge in [0.25, 0.3) is 0 Å². The van der Waals surface area contributed by atoms with E-state index < -0.39 is 0 Å². The summed E-state index contributed by atoms with van der Waals surface area (Å²) >= 11 is 2.13. The van der Waals surface area contributed by atoms with E-state index in [9.17, 15) is 0 Å². The average molecular weight is 277 g/mol. The van der Waals surface area contributed by atoms with Gasteiger partial charge in [0.05, 0.1) is 0 Å². The van der Waals surface area contributed by atoms with Crippen LogP contribution in [0.4, 0.5) is 0 Å². The monoisotopic (exact) mass is 277 g/mol. The molecule has 1 aromatic rings. The van der Waals surface area contributed by atoms with Crippen LogP contribution in [-0.2, 0) is 5.75 Å². The molecule has 1 aliphatic rings. The smallest absolute Gasteiger partial charge is 0.0209 e. The van der Waals surface area contributed by atoms with E-state index in [2.05, 4.69) is 69.2 Å². The van der Waals surface area contributed by atoms with Crippen LogP contribution in [0.1, 0.15) is 44.2 Å². The van der Waals surface area contributed by atoms with E-state index in [1.165, 1.54) is 30.4 Å². The van der Waals surface area contributed by atoms with Gasteiger partial charge < -0.3 is 5.32 Å². The molecule has 2 unspecified atom stereocenters. The number of thioether (sulfide) groups is 1. The standard InChI is InChI=1S/C17H27NS/c1-13-6-5-7-14(10-13)12-19-16-11-17(2,3)9-8-15(16)18-4/h5-7,10,15-16,18H,8-9,11-12H2,1-4H3. The molecule has 2 atom stereocenters. The van der Waals surface area contributed by atoms with Gasteiger partial charge in [0.1, 0.15) is 0 Å². The van der Waals surface area contributed by atoms with Crippen molar-refractivity contribution in [3.63, 3.8) is 0 Å². The summed E-state index contributed by atoms with van der Waals surface area (Å²) < 4.78 is 0. The van der Waals surface area contributed by atoms with Gasteiger partial charge in [-0.05, 0) is 44.2 Å². The molecule has 19 heavy (non-hydrogen) atoms. The van der Waals surface area contributed by atoms with Crippen LogP contribution in [0.2, 0.25) is 0 Å². The molecule has 0 heterocycles. The number of benzene rings is 1. The van der Waals surface area contributed by atoms with Crippen molar-refractivity contribution < 1.29 is 0 Å². The molecule has 0 aliphatic heterocycles. The minimum absolute atomic E-state index is 0.512. The number of rotatable bonds is 4. The second-order valence-electron chi connectivity index (χ2n) is 6.64. The summed E-state index contributed by atoms with van der Waals surface area (Å²) in [5.74, 6) is 1.14. The number of hydrogen-bond acceptors (Lipinski definition) is 2. The molecule has 1 N–H and O–H groups in total. The maximum Gasteiger partial charge on any atom is 0.0209 e. The Morgan fingerprint density at radius 2 is 2.16 bits per heavy atom. The van der Waals surface area contributed by atoms with Crippen LogP contribution >= 0.6 is 11.8 Å². The summed E-state index contributed by atoms with van der Waals surface area (Å²) in [5, 5.41) is 4.26. The summed E-state index contributed by atoms with van der Waals surface area (Å²) in [6.07, 6.45) is 3.99. The average Bonchev–Trinajstić information content (AvgIpc) is 2.36. The van der Waals surface area contributed by atoms with Crippen molar-refractivity contribution in [2.75, 3.05) is 7.05 Å². The van der Waals surface area contributed by atoms with Crippen molar-refractivity contribution in [2.45, 2.75) is 57.1 Å². The highest BCUT2D eigenvalue weighted by molar-refractivity contribution is 7.99.